The molecule has 1 atom stereocenters. The Labute approximate surface area is 123 Å². The van der Waals surface area contributed by atoms with Crippen LogP contribution in [-0.2, 0) is 6.54 Å². The van der Waals surface area contributed by atoms with Gasteiger partial charge in [-0.3, -0.25) is 4.90 Å². The second-order valence-electron chi connectivity index (χ2n) is 5.84. The van der Waals surface area contributed by atoms with Gasteiger partial charge in [-0.05, 0) is 26.6 Å². The Kier molecular flexibility index (Phi) is 3.69. The Morgan fingerprint density at radius 1 is 1.43 bits per heavy atom. The molecule has 1 fully saturated rings. The van der Waals surface area contributed by atoms with Gasteiger partial charge in [-0.25, -0.2) is 4.79 Å². The van der Waals surface area contributed by atoms with Crippen LogP contribution in [0.5, 0.6) is 0 Å². The Bertz CT molecular complexity index is 663. The molecular formula is C16H20N2O3. The quantitative estimate of drug-likeness (QED) is 0.935. The Morgan fingerprint density at radius 3 is 2.86 bits per heavy atom. The van der Waals surface area contributed by atoms with Crippen LogP contribution in [0.3, 0.4) is 0 Å². The van der Waals surface area contributed by atoms with Crippen molar-refractivity contribution in [1.29, 1.82) is 0 Å². The predicted octanol–water partition coefficient (Wildman–Crippen LogP) is 2.27. The average molecular weight is 288 g/mol. The number of furan rings is 1. The normalized spacial score (nSPS) is 19.7. The van der Waals surface area contributed by atoms with Gasteiger partial charge in [0.1, 0.15) is 16.9 Å². The molecule has 0 amide bonds. The number of benzene rings is 1. The van der Waals surface area contributed by atoms with E-state index in [1.807, 2.05) is 18.2 Å². The van der Waals surface area contributed by atoms with E-state index in [1.54, 1.807) is 6.07 Å². The van der Waals surface area contributed by atoms with Gasteiger partial charge in [-0.15, -0.1) is 0 Å². The first-order valence-electron chi connectivity index (χ1n) is 7.18. The number of likely N-dealkylation sites (N-methyl/N-ethyl adjacent to an activating group) is 1. The van der Waals surface area contributed by atoms with Crippen LogP contribution < -0.4 is 0 Å². The van der Waals surface area contributed by atoms with Crippen molar-refractivity contribution in [2.75, 3.05) is 27.2 Å². The van der Waals surface area contributed by atoms with Crippen molar-refractivity contribution in [1.82, 2.24) is 9.80 Å². The summed E-state index contributed by atoms with van der Waals surface area (Å²) in [6.45, 7) is 2.47. The van der Waals surface area contributed by atoms with E-state index >= 15 is 0 Å². The van der Waals surface area contributed by atoms with Crippen LogP contribution in [-0.4, -0.2) is 54.1 Å². The minimum absolute atomic E-state index is 0.305. The minimum Gasteiger partial charge on any atom is -0.478 e. The van der Waals surface area contributed by atoms with Gasteiger partial charge < -0.3 is 14.4 Å². The molecule has 5 nitrogen and oxygen atoms in total. The van der Waals surface area contributed by atoms with Crippen molar-refractivity contribution in [2.45, 2.75) is 19.0 Å². The largest absolute Gasteiger partial charge is 0.478 e. The summed E-state index contributed by atoms with van der Waals surface area (Å²) in [7, 11) is 4.16. The summed E-state index contributed by atoms with van der Waals surface area (Å²) in [4.78, 5) is 16.0. The SMILES string of the molecule is CN(C)C1CCN(Cc2oc3ccccc3c2C(=O)O)C1. The highest BCUT2D eigenvalue weighted by molar-refractivity contribution is 6.03. The van der Waals surface area contributed by atoms with E-state index in [4.69, 9.17) is 4.42 Å². The fourth-order valence-electron chi connectivity index (χ4n) is 3.02. The number of nitrogens with zero attached hydrogens (tertiary/aromatic N) is 2. The number of carboxylic acid groups (broad SMARTS) is 1. The lowest BCUT2D eigenvalue weighted by Gasteiger charge is -2.19. The Balaban J connectivity index is 1.87. The Hall–Kier alpha value is -1.85. The van der Waals surface area contributed by atoms with Crippen LogP contribution in [0.25, 0.3) is 11.0 Å². The lowest BCUT2D eigenvalue weighted by molar-refractivity contribution is 0.0694. The van der Waals surface area contributed by atoms with Crippen LogP contribution in [0.2, 0.25) is 0 Å². The van der Waals surface area contributed by atoms with Gasteiger partial charge in [-0.1, -0.05) is 18.2 Å². The average Bonchev–Trinajstić information content (AvgIpc) is 3.02. The zero-order chi connectivity index (χ0) is 15.0. The van der Waals surface area contributed by atoms with E-state index in [0.717, 1.165) is 19.5 Å². The van der Waals surface area contributed by atoms with Crippen molar-refractivity contribution in [2.24, 2.45) is 0 Å². The summed E-state index contributed by atoms with van der Waals surface area (Å²) in [5.74, 6) is -0.360. The van der Waals surface area contributed by atoms with Crippen molar-refractivity contribution in [3.8, 4) is 0 Å². The fourth-order valence-corrected chi connectivity index (χ4v) is 3.02. The number of para-hydroxylation sites is 1. The second-order valence-corrected chi connectivity index (χ2v) is 5.84. The molecule has 1 saturated heterocycles. The van der Waals surface area contributed by atoms with Crippen molar-refractivity contribution in [3.05, 3.63) is 35.6 Å². The monoisotopic (exact) mass is 288 g/mol. The van der Waals surface area contributed by atoms with E-state index < -0.39 is 5.97 Å². The van der Waals surface area contributed by atoms with Crippen molar-refractivity contribution in [3.63, 3.8) is 0 Å². The highest BCUT2D eigenvalue weighted by Gasteiger charge is 2.27. The lowest BCUT2D eigenvalue weighted by Crippen LogP contribution is -2.31. The second kappa shape index (κ2) is 5.50. The van der Waals surface area contributed by atoms with E-state index in [1.165, 1.54) is 0 Å². The molecule has 1 aromatic heterocycles. The van der Waals surface area contributed by atoms with Gasteiger partial charge in [0.05, 0.1) is 6.54 Å². The zero-order valence-corrected chi connectivity index (χ0v) is 12.4. The highest BCUT2D eigenvalue weighted by atomic mass is 16.4. The fraction of sp³-hybridized carbons (Fsp3) is 0.438. The van der Waals surface area contributed by atoms with E-state index in [0.29, 0.717) is 34.9 Å². The number of likely N-dealkylation sites (tertiary alicyclic amines) is 1. The number of hydrogen-bond donors (Lipinski definition) is 1. The molecule has 3 rings (SSSR count). The first kappa shape index (κ1) is 14.1. The molecule has 1 unspecified atom stereocenters. The summed E-state index contributed by atoms with van der Waals surface area (Å²) in [6.07, 6.45) is 1.11. The van der Waals surface area contributed by atoms with E-state index in [-0.39, 0.29) is 0 Å². The highest BCUT2D eigenvalue weighted by Crippen LogP contribution is 2.28. The van der Waals surface area contributed by atoms with Crippen molar-refractivity contribution >= 4 is 16.9 Å². The van der Waals surface area contributed by atoms with Crippen LogP contribution in [0.15, 0.2) is 28.7 Å². The molecule has 5 heteroatoms. The molecule has 2 aromatic rings. The van der Waals surface area contributed by atoms with Gasteiger partial charge in [0, 0.05) is 24.5 Å². The van der Waals surface area contributed by atoms with Crippen LogP contribution in [0, 0.1) is 0 Å². The van der Waals surface area contributed by atoms with Gasteiger partial charge >= 0.3 is 5.97 Å². The number of rotatable bonds is 4. The molecule has 0 spiro atoms. The summed E-state index contributed by atoms with van der Waals surface area (Å²) in [6, 6.07) is 7.85. The topological polar surface area (TPSA) is 56.9 Å². The number of hydrogen-bond acceptors (Lipinski definition) is 4. The molecule has 1 aliphatic heterocycles. The third kappa shape index (κ3) is 2.66. The van der Waals surface area contributed by atoms with Gasteiger partial charge in [0.2, 0.25) is 0 Å². The maximum absolute atomic E-state index is 11.6. The van der Waals surface area contributed by atoms with Gasteiger partial charge in [0.15, 0.2) is 0 Å². The summed E-state index contributed by atoms with van der Waals surface area (Å²) in [5, 5.41) is 10.2. The molecule has 0 saturated carbocycles. The number of carboxylic acids is 1. The van der Waals surface area contributed by atoms with Crippen LogP contribution in [0.4, 0.5) is 0 Å². The molecule has 0 radical (unpaired) electrons. The van der Waals surface area contributed by atoms with Gasteiger partial charge in [0.25, 0.3) is 0 Å². The molecule has 0 aliphatic carbocycles. The molecular weight excluding hydrogens is 268 g/mol. The molecule has 112 valence electrons. The smallest absolute Gasteiger partial charge is 0.339 e. The first-order valence-corrected chi connectivity index (χ1v) is 7.18. The standard InChI is InChI=1S/C16H20N2O3/c1-17(2)11-7-8-18(9-11)10-14-15(16(19)20)12-5-3-4-6-13(12)21-14/h3-6,11H,7-10H2,1-2H3,(H,19,20). The van der Waals surface area contributed by atoms with Gasteiger partial charge in [-0.2, -0.15) is 0 Å². The first-order chi connectivity index (χ1) is 10.1. The molecule has 0 bridgehead atoms. The van der Waals surface area contributed by atoms with Crippen LogP contribution in [0.1, 0.15) is 22.5 Å². The zero-order valence-electron chi connectivity index (χ0n) is 12.4. The number of fused-ring (bicyclic) bond motifs is 1. The molecule has 1 aromatic carbocycles. The maximum atomic E-state index is 11.6. The molecule has 21 heavy (non-hydrogen) atoms. The van der Waals surface area contributed by atoms with E-state index in [2.05, 4.69) is 23.9 Å². The molecule has 1 aliphatic rings. The van der Waals surface area contributed by atoms with E-state index in [9.17, 15) is 9.90 Å². The molecule has 2 heterocycles. The third-order valence-electron chi connectivity index (χ3n) is 4.23. The van der Waals surface area contributed by atoms with Crippen LogP contribution >= 0.6 is 0 Å². The third-order valence-corrected chi connectivity index (χ3v) is 4.23. The minimum atomic E-state index is -0.918. The number of carbonyl (C=O) groups is 1. The Morgan fingerprint density at radius 2 is 2.19 bits per heavy atom. The number of aromatic carboxylic acids is 1. The molecule has 1 N–H and O–H groups in total. The summed E-state index contributed by atoms with van der Waals surface area (Å²) < 4.78 is 5.78. The van der Waals surface area contributed by atoms with Crippen molar-refractivity contribution < 1.29 is 14.3 Å². The predicted molar refractivity (Wildman–Crippen MR) is 80.5 cm³/mol. The lowest BCUT2D eigenvalue weighted by atomic mass is 10.1. The summed E-state index contributed by atoms with van der Waals surface area (Å²) in [5.41, 5.74) is 0.951. The maximum Gasteiger partial charge on any atom is 0.339 e. The summed E-state index contributed by atoms with van der Waals surface area (Å²) >= 11 is 0.